The molecule has 0 atom stereocenters. The highest BCUT2D eigenvalue weighted by molar-refractivity contribution is 7.80. The SMILES string of the molecule is CCN(CC)CCOC(=O)c1ccc(NC(=S)Nc2cccc(F)c2)cc1. The fraction of sp³-hybridized carbons (Fsp3) is 0.300. The molecule has 2 rings (SSSR count). The normalized spacial score (nSPS) is 10.5. The maximum absolute atomic E-state index is 13.2. The Morgan fingerprint density at radius 2 is 1.74 bits per heavy atom. The van der Waals surface area contributed by atoms with E-state index in [2.05, 4.69) is 29.4 Å². The maximum atomic E-state index is 13.2. The number of carbonyl (C=O) groups is 1. The van der Waals surface area contributed by atoms with Crippen LogP contribution in [0.3, 0.4) is 0 Å². The molecule has 0 aliphatic rings. The van der Waals surface area contributed by atoms with E-state index >= 15 is 0 Å². The molecule has 0 heterocycles. The molecular formula is C20H24FN3O2S. The van der Waals surface area contributed by atoms with Crippen LogP contribution in [0.15, 0.2) is 48.5 Å². The Morgan fingerprint density at radius 3 is 2.37 bits per heavy atom. The van der Waals surface area contributed by atoms with Crippen molar-refractivity contribution in [2.75, 3.05) is 36.9 Å². The molecule has 7 heteroatoms. The average Bonchev–Trinajstić information content (AvgIpc) is 2.65. The van der Waals surface area contributed by atoms with Crippen molar-refractivity contribution in [2.24, 2.45) is 0 Å². The molecule has 144 valence electrons. The first-order chi connectivity index (χ1) is 13.0. The molecule has 0 saturated carbocycles. The highest BCUT2D eigenvalue weighted by Gasteiger charge is 2.08. The van der Waals surface area contributed by atoms with Crippen LogP contribution in [0.2, 0.25) is 0 Å². The number of hydrogen-bond donors (Lipinski definition) is 2. The van der Waals surface area contributed by atoms with Crippen molar-refractivity contribution < 1.29 is 13.9 Å². The summed E-state index contributed by atoms with van der Waals surface area (Å²) in [5, 5.41) is 6.22. The molecule has 2 N–H and O–H groups in total. The Hall–Kier alpha value is -2.51. The van der Waals surface area contributed by atoms with Crippen LogP contribution >= 0.6 is 12.2 Å². The van der Waals surface area contributed by atoms with Gasteiger partial charge in [-0.1, -0.05) is 19.9 Å². The summed E-state index contributed by atoms with van der Waals surface area (Å²) in [6.45, 7) is 7.09. The van der Waals surface area contributed by atoms with E-state index in [1.807, 2.05) is 0 Å². The molecule has 0 spiro atoms. The number of nitrogens with zero attached hydrogens (tertiary/aromatic N) is 1. The van der Waals surface area contributed by atoms with E-state index in [9.17, 15) is 9.18 Å². The van der Waals surface area contributed by atoms with Crippen LogP contribution < -0.4 is 10.6 Å². The lowest BCUT2D eigenvalue weighted by Gasteiger charge is -2.17. The Bertz CT molecular complexity index is 764. The predicted molar refractivity (Wildman–Crippen MR) is 111 cm³/mol. The number of carbonyl (C=O) groups excluding carboxylic acids is 1. The lowest BCUT2D eigenvalue weighted by atomic mass is 10.2. The molecule has 0 bridgehead atoms. The van der Waals surface area contributed by atoms with E-state index in [4.69, 9.17) is 17.0 Å². The number of nitrogens with one attached hydrogen (secondary N) is 2. The van der Waals surface area contributed by atoms with E-state index in [0.29, 0.717) is 28.7 Å². The zero-order valence-electron chi connectivity index (χ0n) is 15.5. The Kier molecular flexibility index (Phi) is 8.16. The molecule has 27 heavy (non-hydrogen) atoms. The monoisotopic (exact) mass is 389 g/mol. The summed E-state index contributed by atoms with van der Waals surface area (Å²) in [7, 11) is 0. The molecule has 0 amide bonds. The van der Waals surface area contributed by atoms with Crippen molar-refractivity contribution in [3.63, 3.8) is 0 Å². The second kappa shape index (κ2) is 10.6. The minimum atomic E-state index is -0.353. The number of thiocarbonyl (C=S) groups is 1. The first-order valence-electron chi connectivity index (χ1n) is 8.85. The molecule has 5 nitrogen and oxygen atoms in total. The van der Waals surface area contributed by atoms with E-state index in [1.54, 1.807) is 36.4 Å². The van der Waals surface area contributed by atoms with Crippen molar-refractivity contribution in [3.8, 4) is 0 Å². The first-order valence-corrected chi connectivity index (χ1v) is 9.25. The van der Waals surface area contributed by atoms with Gasteiger partial charge in [-0.05, 0) is 67.8 Å². The van der Waals surface area contributed by atoms with Gasteiger partial charge in [0.15, 0.2) is 5.11 Å². The molecule has 0 unspecified atom stereocenters. The van der Waals surface area contributed by atoms with Gasteiger partial charge in [-0.2, -0.15) is 0 Å². The third-order valence-electron chi connectivity index (χ3n) is 4.00. The van der Waals surface area contributed by atoms with Crippen LogP contribution in [0, 0.1) is 5.82 Å². The van der Waals surface area contributed by atoms with Crippen LogP contribution in [0.25, 0.3) is 0 Å². The van der Waals surface area contributed by atoms with Crippen LogP contribution in [-0.2, 0) is 4.74 Å². The standard InChI is InChI=1S/C20H24FN3O2S/c1-3-24(4-2)12-13-26-19(25)15-8-10-17(11-9-15)22-20(27)23-18-7-5-6-16(21)14-18/h5-11,14H,3-4,12-13H2,1-2H3,(H2,22,23,27). The molecule has 0 aliphatic heterocycles. The topological polar surface area (TPSA) is 53.6 Å². The van der Waals surface area contributed by atoms with Gasteiger partial charge in [0.1, 0.15) is 12.4 Å². The van der Waals surface area contributed by atoms with E-state index in [-0.39, 0.29) is 11.8 Å². The number of ether oxygens (including phenoxy) is 1. The van der Waals surface area contributed by atoms with Gasteiger partial charge in [0.25, 0.3) is 0 Å². The van der Waals surface area contributed by atoms with Crippen LogP contribution in [0.4, 0.5) is 15.8 Å². The lowest BCUT2D eigenvalue weighted by molar-refractivity contribution is 0.0466. The van der Waals surface area contributed by atoms with Gasteiger partial charge in [0, 0.05) is 17.9 Å². The number of rotatable bonds is 8. The minimum Gasteiger partial charge on any atom is -0.461 e. The third-order valence-corrected chi connectivity index (χ3v) is 4.20. The van der Waals surface area contributed by atoms with Gasteiger partial charge in [0.05, 0.1) is 5.56 Å². The van der Waals surface area contributed by atoms with Crippen molar-refractivity contribution >= 4 is 34.7 Å². The highest BCUT2D eigenvalue weighted by atomic mass is 32.1. The number of benzene rings is 2. The third kappa shape index (κ3) is 6.96. The molecule has 0 aliphatic carbocycles. The molecule has 2 aromatic carbocycles. The van der Waals surface area contributed by atoms with Crippen LogP contribution in [0.5, 0.6) is 0 Å². The predicted octanol–water partition coefficient (Wildman–Crippen LogP) is 4.13. The second-order valence-electron chi connectivity index (χ2n) is 5.83. The molecule has 0 fully saturated rings. The van der Waals surface area contributed by atoms with Crippen LogP contribution in [-0.4, -0.2) is 42.2 Å². The molecular weight excluding hydrogens is 365 g/mol. The van der Waals surface area contributed by atoms with Gasteiger partial charge < -0.3 is 20.3 Å². The lowest BCUT2D eigenvalue weighted by Crippen LogP contribution is -2.27. The minimum absolute atomic E-state index is 0.329. The van der Waals surface area contributed by atoms with Crippen molar-refractivity contribution in [2.45, 2.75) is 13.8 Å². The molecule has 0 radical (unpaired) electrons. The quantitative estimate of drug-likeness (QED) is 0.523. The van der Waals surface area contributed by atoms with Gasteiger partial charge in [0.2, 0.25) is 0 Å². The summed E-state index contributed by atoms with van der Waals surface area (Å²) >= 11 is 5.21. The molecule has 0 aromatic heterocycles. The fourth-order valence-electron chi connectivity index (χ4n) is 2.44. The van der Waals surface area contributed by atoms with Gasteiger partial charge in [-0.25, -0.2) is 9.18 Å². The van der Waals surface area contributed by atoms with Gasteiger partial charge >= 0.3 is 5.97 Å². The second-order valence-corrected chi connectivity index (χ2v) is 6.24. The number of esters is 1. The van der Waals surface area contributed by atoms with Gasteiger partial charge in [-0.3, -0.25) is 0 Å². The number of halogens is 1. The van der Waals surface area contributed by atoms with Crippen molar-refractivity contribution in [1.82, 2.24) is 4.90 Å². The summed E-state index contributed by atoms with van der Waals surface area (Å²) in [4.78, 5) is 14.3. The van der Waals surface area contributed by atoms with E-state index < -0.39 is 0 Å². The number of likely N-dealkylation sites (N-methyl/N-ethyl adjacent to an activating group) is 1. The Morgan fingerprint density at radius 1 is 1.07 bits per heavy atom. The largest absolute Gasteiger partial charge is 0.461 e. The smallest absolute Gasteiger partial charge is 0.338 e. The average molecular weight is 389 g/mol. The van der Waals surface area contributed by atoms with E-state index in [0.717, 1.165) is 19.6 Å². The summed E-state index contributed by atoms with van der Waals surface area (Å²) in [6, 6.07) is 12.9. The summed E-state index contributed by atoms with van der Waals surface area (Å²) in [5.41, 5.74) is 1.74. The Labute approximate surface area is 164 Å². The number of hydrogen-bond acceptors (Lipinski definition) is 4. The Balaban J connectivity index is 1.83. The molecule has 0 saturated heterocycles. The summed E-state index contributed by atoms with van der Waals surface area (Å²) < 4.78 is 18.5. The zero-order chi connectivity index (χ0) is 19.6. The fourth-order valence-corrected chi connectivity index (χ4v) is 2.68. The van der Waals surface area contributed by atoms with Crippen LogP contribution in [0.1, 0.15) is 24.2 Å². The summed E-state index contributed by atoms with van der Waals surface area (Å²) in [5.74, 6) is -0.694. The van der Waals surface area contributed by atoms with Crippen molar-refractivity contribution in [1.29, 1.82) is 0 Å². The highest BCUT2D eigenvalue weighted by Crippen LogP contribution is 2.13. The van der Waals surface area contributed by atoms with Crippen molar-refractivity contribution in [3.05, 3.63) is 59.9 Å². The first kappa shape index (κ1) is 20.8. The number of anilines is 2. The maximum Gasteiger partial charge on any atom is 0.338 e. The van der Waals surface area contributed by atoms with E-state index in [1.165, 1.54) is 12.1 Å². The summed E-state index contributed by atoms with van der Waals surface area (Å²) in [6.07, 6.45) is 0. The molecule has 2 aromatic rings. The zero-order valence-corrected chi connectivity index (χ0v) is 16.3. The van der Waals surface area contributed by atoms with Gasteiger partial charge in [-0.15, -0.1) is 0 Å².